The van der Waals surface area contributed by atoms with E-state index in [1.54, 1.807) is 12.1 Å². The van der Waals surface area contributed by atoms with Crippen molar-refractivity contribution >= 4 is 11.3 Å². The van der Waals surface area contributed by atoms with Crippen LogP contribution in [-0.2, 0) is 13.0 Å². The molecule has 3 nitrogen and oxygen atoms in total. The number of aromatic nitrogens is 1. The van der Waals surface area contributed by atoms with Crippen LogP contribution in [0.3, 0.4) is 0 Å². The van der Waals surface area contributed by atoms with Crippen molar-refractivity contribution in [1.82, 2.24) is 4.98 Å². The first-order valence-corrected chi connectivity index (χ1v) is 6.21. The van der Waals surface area contributed by atoms with Gasteiger partial charge in [0.05, 0.1) is 18.2 Å². The van der Waals surface area contributed by atoms with Crippen LogP contribution in [0.1, 0.15) is 15.6 Å². The Morgan fingerprint density at radius 3 is 2.78 bits per heavy atom. The summed E-state index contributed by atoms with van der Waals surface area (Å²) >= 11 is 1.47. The highest BCUT2D eigenvalue weighted by molar-refractivity contribution is 7.11. The molecule has 0 unspecified atom stereocenters. The van der Waals surface area contributed by atoms with Crippen LogP contribution in [0.25, 0.3) is 0 Å². The molecule has 0 bridgehead atoms. The third kappa shape index (κ3) is 3.05. The molecule has 0 atom stereocenters. The molecule has 1 aromatic carbocycles. The SMILES string of the molecule is Cc1nc(COc2ccc(F)cc2)sc1CC#N. The minimum Gasteiger partial charge on any atom is -0.486 e. The number of benzene rings is 1. The van der Waals surface area contributed by atoms with Crippen molar-refractivity contribution in [2.24, 2.45) is 0 Å². The van der Waals surface area contributed by atoms with E-state index in [1.807, 2.05) is 6.92 Å². The fourth-order valence-corrected chi connectivity index (χ4v) is 2.38. The van der Waals surface area contributed by atoms with Gasteiger partial charge in [-0.1, -0.05) is 0 Å². The van der Waals surface area contributed by atoms with E-state index < -0.39 is 0 Å². The molecule has 18 heavy (non-hydrogen) atoms. The largest absolute Gasteiger partial charge is 0.486 e. The summed E-state index contributed by atoms with van der Waals surface area (Å²) in [6, 6.07) is 7.96. The molecule has 2 aromatic rings. The van der Waals surface area contributed by atoms with E-state index in [4.69, 9.17) is 10.00 Å². The van der Waals surface area contributed by atoms with Crippen molar-refractivity contribution in [3.63, 3.8) is 0 Å². The second-order valence-electron chi connectivity index (χ2n) is 3.69. The normalized spacial score (nSPS) is 10.1. The van der Waals surface area contributed by atoms with Crippen molar-refractivity contribution in [2.45, 2.75) is 20.0 Å². The number of hydrogen-bond acceptors (Lipinski definition) is 4. The van der Waals surface area contributed by atoms with Gasteiger partial charge in [0, 0.05) is 4.88 Å². The van der Waals surface area contributed by atoms with Crippen molar-refractivity contribution in [3.05, 3.63) is 45.7 Å². The van der Waals surface area contributed by atoms with E-state index in [9.17, 15) is 4.39 Å². The van der Waals surface area contributed by atoms with Gasteiger partial charge in [-0.3, -0.25) is 0 Å². The van der Waals surface area contributed by atoms with Gasteiger partial charge in [0.2, 0.25) is 0 Å². The number of nitriles is 1. The predicted octanol–water partition coefficient (Wildman–Crippen LogP) is 3.24. The van der Waals surface area contributed by atoms with Crippen LogP contribution < -0.4 is 4.74 Å². The van der Waals surface area contributed by atoms with Crippen LogP contribution >= 0.6 is 11.3 Å². The van der Waals surface area contributed by atoms with Gasteiger partial charge in [0.1, 0.15) is 23.2 Å². The summed E-state index contributed by atoms with van der Waals surface area (Å²) in [5.41, 5.74) is 0.874. The quantitative estimate of drug-likeness (QED) is 0.849. The van der Waals surface area contributed by atoms with E-state index in [1.165, 1.54) is 23.5 Å². The fraction of sp³-hybridized carbons (Fsp3) is 0.231. The molecule has 0 aliphatic rings. The average molecular weight is 262 g/mol. The van der Waals surface area contributed by atoms with Gasteiger partial charge in [0.25, 0.3) is 0 Å². The van der Waals surface area contributed by atoms with Gasteiger partial charge in [-0.05, 0) is 31.2 Å². The molecule has 1 heterocycles. The van der Waals surface area contributed by atoms with Crippen molar-refractivity contribution in [2.75, 3.05) is 0 Å². The monoisotopic (exact) mass is 262 g/mol. The van der Waals surface area contributed by atoms with E-state index in [0.717, 1.165) is 15.6 Å². The molecule has 0 amide bonds. The minimum absolute atomic E-state index is 0.288. The molecule has 0 aliphatic carbocycles. The first-order chi connectivity index (χ1) is 8.69. The molecule has 0 fully saturated rings. The third-order valence-electron chi connectivity index (χ3n) is 2.35. The Labute approximate surface area is 108 Å². The smallest absolute Gasteiger partial charge is 0.140 e. The Bertz CT molecular complexity index is 572. The summed E-state index contributed by atoms with van der Waals surface area (Å²) in [5, 5.41) is 9.47. The zero-order valence-corrected chi connectivity index (χ0v) is 10.6. The molecular formula is C13H11FN2OS. The molecule has 92 valence electrons. The summed E-state index contributed by atoms with van der Waals surface area (Å²) in [4.78, 5) is 5.30. The number of ether oxygens (including phenoxy) is 1. The predicted molar refractivity (Wildman–Crippen MR) is 66.9 cm³/mol. The number of aryl methyl sites for hydroxylation is 1. The lowest BCUT2D eigenvalue weighted by atomic mass is 10.3. The van der Waals surface area contributed by atoms with Gasteiger partial charge in [-0.2, -0.15) is 5.26 Å². The number of nitrogens with zero attached hydrogens (tertiary/aromatic N) is 2. The molecule has 0 saturated carbocycles. The molecule has 0 spiro atoms. The second-order valence-corrected chi connectivity index (χ2v) is 4.86. The van der Waals surface area contributed by atoms with Crippen LogP contribution in [0, 0.1) is 24.1 Å². The molecule has 0 radical (unpaired) electrons. The van der Waals surface area contributed by atoms with Gasteiger partial charge in [-0.25, -0.2) is 9.37 Å². The molecule has 5 heteroatoms. The summed E-state index contributed by atoms with van der Waals surface area (Å²) < 4.78 is 18.2. The Morgan fingerprint density at radius 2 is 2.11 bits per heavy atom. The summed E-state index contributed by atoms with van der Waals surface area (Å²) in [7, 11) is 0. The molecular weight excluding hydrogens is 251 g/mol. The highest BCUT2D eigenvalue weighted by atomic mass is 32.1. The Kier molecular flexibility index (Phi) is 3.90. The van der Waals surface area contributed by atoms with Crippen LogP contribution in [0.4, 0.5) is 4.39 Å². The number of halogens is 1. The van der Waals surface area contributed by atoms with E-state index in [2.05, 4.69) is 11.1 Å². The zero-order valence-electron chi connectivity index (χ0n) is 9.81. The van der Waals surface area contributed by atoms with Crippen molar-refractivity contribution in [3.8, 4) is 11.8 Å². The second kappa shape index (κ2) is 5.61. The third-order valence-corrected chi connectivity index (χ3v) is 3.48. The topological polar surface area (TPSA) is 45.9 Å². The maximum absolute atomic E-state index is 12.7. The maximum atomic E-state index is 12.7. The first kappa shape index (κ1) is 12.5. The molecule has 1 aromatic heterocycles. The van der Waals surface area contributed by atoms with Crippen LogP contribution in [0.5, 0.6) is 5.75 Å². The lowest BCUT2D eigenvalue weighted by molar-refractivity contribution is 0.305. The molecule has 0 N–H and O–H groups in total. The summed E-state index contributed by atoms with van der Waals surface area (Å²) in [6.45, 7) is 2.22. The molecule has 0 saturated heterocycles. The lowest BCUT2D eigenvalue weighted by Crippen LogP contribution is -1.94. The summed E-state index contributed by atoms with van der Waals surface area (Å²) in [6.07, 6.45) is 0.375. The Balaban J connectivity index is 2.00. The zero-order chi connectivity index (χ0) is 13.0. The van der Waals surface area contributed by atoms with E-state index in [-0.39, 0.29) is 5.82 Å². The highest BCUT2D eigenvalue weighted by Gasteiger charge is 2.07. The standard InChI is InChI=1S/C13H11FN2OS/c1-9-12(6-7-15)18-13(16-9)8-17-11-4-2-10(14)3-5-11/h2-5H,6,8H2,1H3. The number of rotatable bonds is 4. The molecule has 0 aliphatic heterocycles. The van der Waals surface area contributed by atoms with Crippen LogP contribution in [0.2, 0.25) is 0 Å². The Hall–Kier alpha value is -1.93. The van der Waals surface area contributed by atoms with E-state index >= 15 is 0 Å². The minimum atomic E-state index is -0.288. The van der Waals surface area contributed by atoms with Crippen LogP contribution in [-0.4, -0.2) is 4.98 Å². The van der Waals surface area contributed by atoms with Gasteiger partial charge >= 0.3 is 0 Å². The van der Waals surface area contributed by atoms with Crippen molar-refractivity contribution < 1.29 is 9.13 Å². The fourth-order valence-electron chi connectivity index (χ4n) is 1.46. The van der Waals surface area contributed by atoms with Gasteiger partial charge in [-0.15, -0.1) is 11.3 Å². The number of hydrogen-bond donors (Lipinski definition) is 0. The first-order valence-electron chi connectivity index (χ1n) is 5.39. The van der Waals surface area contributed by atoms with Crippen molar-refractivity contribution in [1.29, 1.82) is 5.26 Å². The average Bonchev–Trinajstić information content (AvgIpc) is 2.70. The lowest BCUT2D eigenvalue weighted by Gasteiger charge is -2.02. The van der Waals surface area contributed by atoms with Crippen LogP contribution in [0.15, 0.2) is 24.3 Å². The highest BCUT2D eigenvalue weighted by Crippen LogP contribution is 2.20. The molecule has 2 rings (SSSR count). The Morgan fingerprint density at radius 1 is 1.39 bits per heavy atom. The maximum Gasteiger partial charge on any atom is 0.140 e. The van der Waals surface area contributed by atoms with Gasteiger partial charge in [0.15, 0.2) is 0 Å². The van der Waals surface area contributed by atoms with E-state index in [0.29, 0.717) is 18.8 Å². The number of thiazole rings is 1. The summed E-state index contributed by atoms with van der Waals surface area (Å²) in [5.74, 6) is 0.315. The van der Waals surface area contributed by atoms with Gasteiger partial charge < -0.3 is 4.74 Å².